The van der Waals surface area contributed by atoms with E-state index in [-0.39, 0.29) is 18.0 Å². The second-order valence-corrected chi connectivity index (χ2v) is 6.32. The van der Waals surface area contributed by atoms with Crippen molar-refractivity contribution in [2.75, 3.05) is 6.54 Å². The Labute approximate surface area is 128 Å². The van der Waals surface area contributed by atoms with Gasteiger partial charge in [-0.1, -0.05) is 12.1 Å². The zero-order valence-electron chi connectivity index (χ0n) is 12.3. The zero-order valence-corrected chi connectivity index (χ0v) is 12.3. The molecule has 2 fully saturated rings. The molecule has 2 aliphatic rings. The molecule has 1 aliphatic heterocycles. The van der Waals surface area contributed by atoms with Gasteiger partial charge < -0.3 is 9.52 Å². The highest BCUT2D eigenvalue weighted by atomic mass is 19.1. The average Bonchev–Trinajstić information content (AvgIpc) is 3.15. The molecule has 22 heavy (non-hydrogen) atoms. The maximum Gasteiger partial charge on any atom is 0.208 e. The Morgan fingerprint density at radius 1 is 1.27 bits per heavy atom. The number of aromatic nitrogens is 1. The highest BCUT2D eigenvalue weighted by Crippen LogP contribution is 2.40. The number of aliphatic hydroxyl groups excluding tert-OH is 1. The van der Waals surface area contributed by atoms with Crippen LogP contribution in [0.4, 0.5) is 4.39 Å². The van der Waals surface area contributed by atoms with Crippen molar-refractivity contribution in [1.29, 1.82) is 0 Å². The number of hydrogen-bond acceptors (Lipinski definition) is 4. The third-order valence-electron chi connectivity index (χ3n) is 4.53. The Hall–Kier alpha value is -1.72. The van der Waals surface area contributed by atoms with Crippen LogP contribution in [0, 0.1) is 5.82 Å². The summed E-state index contributed by atoms with van der Waals surface area (Å²) in [4.78, 5) is 6.51. The Kier molecular flexibility index (Phi) is 3.47. The van der Waals surface area contributed by atoms with Crippen molar-refractivity contribution in [2.45, 2.75) is 43.9 Å². The smallest absolute Gasteiger partial charge is 0.208 e. The lowest BCUT2D eigenvalue weighted by molar-refractivity contribution is 0.166. The lowest BCUT2D eigenvalue weighted by atomic mass is 10.0. The molecule has 0 amide bonds. The quantitative estimate of drug-likeness (QED) is 0.943. The molecule has 1 saturated heterocycles. The molecular weight excluding hydrogens is 283 g/mol. The van der Waals surface area contributed by atoms with E-state index in [9.17, 15) is 9.50 Å². The molecule has 0 spiro atoms. The standard InChI is InChI=1S/C17H19FN2O2/c18-13-5-3-11(4-6-13)15-7-14(21)9-20(15)10-17-19-8-16(22-17)12-1-2-12/h3-6,8,12,14-15,21H,1-2,7,9-10H2/t14-,15+/m1/s1. The molecule has 116 valence electrons. The largest absolute Gasteiger partial charge is 0.444 e. The first kappa shape index (κ1) is 13.9. The van der Waals surface area contributed by atoms with Crippen LogP contribution in [0.25, 0.3) is 0 Å². The number of rotatable bonds is 4. The summed E-state index contributed by atoms with van der Waals surface area (Å²) in [6, 6.07) is 6.59. The summed E-state index contributed by atoms with van der Waals surface area (Å²) in [5, 5.41) is 10.0. The molecule has 1 aromatic carbocycles. The third kappa shape index (κ3) is 2.78. The van der Waals surface area contributed by atoms with Gasteiger partial charge in [-0.05, 0) is 37.0 Å². The topological polar surface area (TPSA) is 49.5 Å². The van der Waals surface area contributed by atoms with E-state index < -0.39 is 0 Å². The highest BCUT2D eigenvalue weighted by molar-refractivity contribution is 5.21. The number of halogens is 1. The maximum atomic E-state index is 13.1. The van der Waals surface area contributed by atoms with E-state index in [0.717, 1.165) is 11.3 Å². The number of oxazole rings is 1. The molecule has 2 aromatic rings. The van der Waals surface area contributed by atoms with Crippen molar-refractivity contribution in [2.24, 2.45) is 0 Å². The lowest BCUT2D eigenvalue weighted by Gasteiger charge is -2.22. The van der Waals surface area contributed by atoms with Crippen molar-refractivity contribution in [3.63, 3.8) is 0 Å². The number of benzene rings is 1. The fourth-order valence-electron chi connectivity index (χ4n) is 3.21. The van der Waals surface area contributed by atoms with Gasteiger partial charge in [-0.15, -0.1) is 0 Å². The average molecular weight is 302 g/mol. The van der Waals surface area contributed by atoms with Crippen LogP contribution in [0.3, 0.4) is 0 Å². The molecule has 2 heterocycles. The van der Waals surface area contributed by atoms with Crippen LogP contribution in [0.1, 0.15) is 48.4 Å². The van der Waals surface area contributed by atoms with Gasteiger partial charge in [-0.2, -0.15) is 0 Å². The molecule has 1 N–H and O–H groups in total. The first-order chi connectivity index (χ1) is 10.7. The Morgan fingerprint density at radius 2 is 2.05 bits per heavy atom. The minimum Gasteiger partial charge on any atom is -0.444 e. The molecule has 1 aromatic heterocycles. The van der Waals surface area contributed by atoms with Crippen molar-refractivity contribution in [3.05, 3.63) is 53.5 Å². The first-order valence-corrected chi connectivity index (χ1v) is 7.81. The van der Waals surface area contributed by atoms with Crippen LogP contribution in [0.5, 0.6) is 0 Å². The van der Waals surface area contributed by atoms with Gasteiger partial charge in [-0.25, -0.2) is 9.37 Å². The lowest BCUT2D eigenvalue weighted by Crippen LogP contribution is -2.24. The van der Waals surface area contributed by atoms with Gasteiger partial charge in [0.05, 0.1) is 18.8 Å². The number of likely N-dealkylation sites (tertiary alicyclic amines) is 1. The van der Waals surface area contributed by atoms with Gasteiger partial charge in [0.2, 0.25) is 5.89 Å². The van der Waals surface area contributed by atoms with E-state index >= 15 is 0 Å². The summed E-state index contributed by atoms with van der Waals surface area (Å²) in [6.45, 7) is 1.16. The Bertz CT molecular complexity index is 651. The van der Waals surface area contributed by atoms with Gasteiger partial charge in [0.15, 0.2) is 0 Å². The second kappa shape index (κ2) is 5.48. The summed E-state index contributed by atoms with van der Waals surface area (Å²) >= 11 is 0. The molecule has 4 nitrogen and oxygen atoms in total. The maximum absolute atomic E-state index is 13.1. The number of β-amino-alcohol motifs (C(OH)–C–C–N with tert-alkyl or cyclic N) is 1. The summed E-state index contributed by atoms with van der Waals surface area (Å²) in [6.07, 6.45) is 4.49. The molecule has 0 unspecified atom stereocenters. The van der Waals surface area contributed by atoms with Crippen molar-refractivity contribution in [3.8, 4) is 0 Å². The molecule has 0 radical (unpaired) electrons. The fourth-order valence-corrected chi connectivity index (χ4v) is 3.21. The first-order valence-electron chi connectivity index (χ1n) is 7.81. The summed E-state index contributed by atoms with van der Waals surface area (Å²) in [5.74, 6) is 1.99. The number of nitrogens with zero attached hydrogens (tertiary/aromatic N) is 2. The van der Waals surface area contributed by atoms with Gasteiger partial charge >= 0.3 is 0 Å². The van der Waals surface area contributed by atoms with E-state index in [2.05, 4.69) is 9.88 Å². The molecule has 1 aliphatic carbocycles. The minimum atomic E-state index is -0.368. The summed E-state index contributed by atoms with van der Waals surface area (Å²) in [7, 11) is 0. The van der Waals surface area contributed by atoms with E-state index in [4.69, 9.17) is 4.42 Å². The Morgan fingerprint density at radius 3 is 2.77 bits per heavy atom. The predicted molar refractivity (Wildman–Crippen MR) is 78.7 cm³/mol. The van der Waals surface area contributed by atoms with Crippen LogP contribution in [0.2, 0.25) is 0 Å². The molecule has 0 bridgehead atoms. The fraction of sp³-hybridized carbons (Fsp3) is 0.471. The van der Waals surface area contributed by atoms with Crippen LogP contribution in [-0.2, 0) is 6.54 Å². The van der Waals surface area contributed by atoms with Crippen LogP contribution >= 0.6 is 0 Å². The molecular formula is C17H19FN2O2. The number of hydrogen-bond donors (Lipinski definition) is 1. The van der Waals surface area contributed by atoms with Crippen LogP contribution in [-0.4, -0.2) is 27.6 Å². The van der Waals surface area contributed by atoms with Crippen molar-refractivity contribution in [1.82, 2.24) is 9.88 Å². The minimum absolute atomic E-state index is 0.0758. The molecule has 2 atom stereocenters. The summed E-state index contributed by atoms with van der Waals surface area (Å²) < 4.78 is 18.9. The van der Waals surface area contributed by atoms with Crippen molar-refractivity contribution < 1.29 is 13.9 Å². The van der Waals surface area contributed by atoms with Crippen LogP contribution in [0.15, 0.2) is 34.9 Å². The molecule has 5 heteroatoms. The van der Waals surface area contributed by atoms with Gasteiger partial charge in [-0.3, -0.25) is 4.90 Å². The normalized spacial score (nSPS) is 25.7. The van der Waals surface area contributed by atoms with Crippen molar-refractivity contribution >= 4 is 0 Å². The number of aliphatic hydroxyl groups is 1. The predicted octanol–water partition coefficient (Wildman–Crippen LogP) is 3.00. The summed E-state index contributed by atoms with van der Waals surface area (Å²) in [5.41, 5.74) is 1.02. The van der Waals surface area contributed by atoms with E-state index in [1.54, 1.807) is 12.1 Å². The Balaban J connectivity index is 1.51. The molecule has 1 saturated carbocycles. The van der Waals surface area contributed by atoms with E-state index in [1.807, 2.05) is 6.20 Å². The van der Waals surface area contributed by atoms with Gasteiger partial charge in [0, 0.05) is 18.5 Å². The molecule has 4 rings (SSSR count). The van der Waals surface area contributed by atoms with Gasteiger partial charge in [0.25, 0.3) is 0 Å². The third-order valence-corrected chi connectivity index (χ3v) is 4.53. The second-order valence-electron chi connectivity index (χ2n) is 6.32. The highest BCUT2D eigenvalue weighted by Gasteiger charge is 2.33. The van der Waals surface area contributed by atoms with Crippen LogP contribution < -0.4 is 0 Å². The van der Waals surface area contributed by atoms with E-state index in [0.29, 0.717) is 31.3 Å². The van der Waals surface area contributed by atoms with Gasteiger partial charge in [0.1, 0.15) is 11.6 Å². The monoisotopic (exact) mass is 302 g/mol. The zero-order chi connectivity index (χ0) is 15.1. The SMILES string of the molecule is O[C@@H]1C[C@@H](c2ccc(F)cc2)N(Cc2ncc(C3CC3)o2)C1. The van der Waals surface area contributed by atoms with E-state index in [1.165, 1.54) is 25.0 Å².